The van der Waals surface area contributed by atoms with Crippen molar-refractivity contribution in [3.63, 3.8) is 0 Å². The average Bonchev–Trinajstić information content (AvgIpc) is 3.11. The Morgan fingerprint density at radius 2 is 2.09 bits per heavy atom. The van der Waals surface area contributed by atoms with E-state index in [0.717, 1.165) is 16.3 Å². The fourth-order valence-corrected chi connectivity index (χ4v) is 3.16. The van der Waals surface area contributed by atoms with E-state index in [2.05, 4.69) is 10.1 Å². The van der Waals surface area contributed by atoms with Gasteiger partial charge in [-0.05, 0) is 39.8 Å². The van der Waals surface area contributed by atoms with Crippen LogP contribution in [0.3, 0.4) is 0 Å². The largest absolute Gasteiger partial charge is 0.290 e. The van der Waals surface area contributed by atoms with Gasteiger partial charge in [-0.3, -0.25) is 13.9 Å². The van der Waals surface area contributed by atoms with E-state index in [0.29, 0.717) is 5.56 Å². The van der Waals surface area contributed by atoms with Crippen molar-refractivity contribution in [2.24, 2.45) is 0 Å². The zero-order valence-corrected chi connectivity index (χ0v) is 13.9. The van der Waals surface area contributed by atoms with Crippen LogP contribution in [-0.2, 0) is 0 Å². The summed E-state index contributed by atoms with van der Waals surface area (Å²) in [6.45, 7) is 8.06. The quantitative estimate of drug-likeness (QED) is 0.545. The van der Waals surface area contributed by atoms with Crippen molar-refractivity contribution in [1.29, 1.82) is 0 Å². The molecule has 3 heterocycles. The molecule has 0 atom stereocenters. The maximum atomic E-state index is 12.3. The van der Waals surface area contributed by atoms with Crippen LogP contribution >= 0.6 is 11.3 Å². The molecule has 3 aromatic heterocycles. The van der Waals surface area contributed by atoms with Crippen molar-refractivity contribution >= 4 is 28.2 Å². The van der Waals surface area contributed by atoms with E-state index in [4.69, 9.17) is 0 Å². The molecule has 0 unspecified atom stereocenters. The highest BCUT2D eigenvalue weighted by Crippen LogP contribution is 2.21. The van der Waals surface area contributed by atoms with Crippen molar-refractivity contribution in [3.05, 3.63) is 46.5 Å². The first-order valence-electron chi connectivity index (χ1n) is 7.17. The van der Waals surface area contributed by atoms with E-state index < -0.39 is 0 Å². The van der Waals surface area contributed by atoms with Crippen molar-refractivity contribution in [2.75, 3.05) is 0 Å². The van der Waals surface area contributed by atoms with Gasteiger partial charge in [0, 0.05) is 23.3 Å². The smallest absolute Gasteiger partial charge is 0.194 e. The predicted molar refractivity (Wildman–Crippen MR) is 88.5 cm³/mol. The lowest BCUT2D eigenvalue weighted by molar-refractivity contribution is 0.104. The fraction of sp³-hybridized carbons (Fsp3) is 0.312. The van der Waals surface area contributed by atoms with Gasteiger partial charge >= 0.3 is 0 Å². The van der Waals surface area contributed by atoms with Crippen LogP contribution in [0.2, 0.25) is 0 Å². The van der Waals surface area contributed by atoms with Gasteiger partial charge < -0.3 is 0 Å². The summed E-state index contributed by atoms with van der Waals surface area (Å²) in [7, 11) is 0. The minimum absolute atomic E-state index is 0.0480. The molecule has 22 heavy (non-hydrogen) atoms. The van der Waals surface area contributed by atoms with Crippen molar-refractivity contribution in [2.45, 2.75) is 33.7 Å². The van der Waals surface area contributed by atoms with Gasteiger partial charge in [0.05, 0.1) is 23.1 Å². The van der Waals surface area contributed by atoms with E-state index in [1.54, 1.807) is 34.5 Å². The fourth-order valence-electron chi connectivity index (χ4n) is 2.28. The number of allylic oxidation sites excluding steroid dienone is 1. The standard InChI is InChI=1S/C16H18N4OS/c1-10(2)20-9-13(7-17-20)15(21)6-5-14-12(4)18-16-19(14)8-11(3)22-16/h5-10H,1-4H3/b6-5+. The molecule has 0 N–H and O–H groups in total. The van der Waals surface area contributed by atoms with Gasteiger partial charge in [0.2, 0.25) is 0 Å². The van der Waals surface area contributed by atoms with Gasteiger partial charge in [-0.15, -0.1) is 11.3 Å². The molecule has 0 radical (unpaired) electrons. The maximum Gasteiger partial charge on any atom is 0.194 e. The van der Waals surface area contributed by atoms with Gasteiger partial charge in [0.15, 0.2) is 10.7 Å². The number of nitrogens with zero attached hydrogens (tertiary/aromatic N) is 4. The lowest BCUT2D eigenvalue weighted by Gasteiger charge is -2.02. The second-order valence-electron chi connectivity index (χ2n) is 5.58. The zero-order chi connectivity index (χ0) is 15.9. The number of aromatic nitrogens is 4. The molecule has 5 nitrogen and oxygen atoms in total. The molecule has 3 aromatic rings. The third kappa shape index (κ3) is 2.62. The molecule has 0 fully saturated rings. The minimum atomic E-state index is -0.0480. The first-order valence-corrected chi connectivity index (χ1v) is 7.99. The number of thiazole rings is 1. The molecule has 0 saturated heterocycles. The highest BCUT2D eigenvalue weighted by molar-refractivity contribution is 7.17. The first kappa shape index (κ1) is 14.7. The second-order valence-corrected chi connectivity index (χ2v) is 6.79. The average molecular weight is 314 g/mol. The van der Waals surface area contributed by atoms with Crippen LogP contribution in [0.5, 0.6) is 0 Å². The predicted octanol–water partition coefficient (Wildman–Crippen LogP) is 3.69. The SMILES string of the molecule is Cc1cn2c(/C=C/C(=O)c3cnn(C(C)C)c3)c(C)nc2s1. The Kier molecular flexibility index (Phi) is 3.70. The van der Waals surface area contributed by atoms with Crippen molar-refractivity contribution in [3.8, 4) is 0 Å². The monoisotopic (exact) mass is 314 g/mol. The molecular weight excluding hydrogens is 296 g/mol. The Balaban J connectivity index is 1.88. The number of hydrogen-bond acceptors (Lipinski definition) is 4. The summed E-state index contributed by atoms with van der Waals surface area (Å²) in [5, 5.41) is 4.20. The summed E-state index contributed by atoms with van der Waals surface area (Å²) < 4.78 is 3.81. The lowest BCUT2D eigenvalue weighted by atomic mass is 10.2. The molecule has 0 saturated carbocycles. The third-order valence-electron chi connectivity index (χ3n) is 3.47. The van der Waals surface area contributed by atoms with E-state index in [9.17, 15) is 4.79 Å². The van der Waals surface area contributed by atoms with E-state index in [1.165, 1.54) is 4.88 Å². The summed E-state index contributed by atoms with van der Waals surface area (Å²) in [4.78, 5) is 18.9. The Labute approximate surface area is 132 Å². The highest BCUT2D eigenvalue weighted by Gasteiger charge is 2.10. The summed E-state index contributed by atoms with van der Waals surface area (Å²) in [5.41, 5.74) is 2.47. The maximum absolute atomic E-state index is 12.3. The molecule has 0 aliphatic rings. The number of carbonyl (C=O) groups is 1. The van der Waals surface area contributed by atoms with Crippen molar-refractivity contribution in [1.82, 2.24) is 19.2 Å². The molecule has 0 aliphatic carbocycles. The lowest BCUT2D eigenvalue weighted by Crippen LogP contribution is -2.00. The summed E-state index contributed by atoms with van der Waals surface area (Å²) in [6, 6.07) is 0.246. The van der Waals surface area contributed by atoms with E-state index in [-0.39, 0.29) is 11.8 Å². The zero-order valence-electron chi connectivity index (χ0n) is 13.1. The van der Waals surface area contributed by atoms with Crippen LogP contribution in [0, 0.1) is 13.8 Å². The van der Waals surface area contributed by atoms with Gasteiger partial charge in [-0.1, -0.05) is 0 Å². The summed E-state index contributed by atoms with van der Waals surface area (Å²) in [5.74, 6) is -0.0480. The van der Waals surface area contributed by atoms with Gasteiger partial charge in [-0.2, -0.15) is 5.10 Å². The number of hydrogen-bond donors (Lipinski definition) is 0. The molecule has 0 bridgehead atoms. The number of carbonyl (C=O) groups excluding carboxylic acids is 1. The van der Waals surface area contributed by atoms with Crippen molar-refractivity contribution < 1.29 is 4.79 Å². The first-order chi connectivity index (χ1) is 10.5. The van der Waals surface area contributed by atoms with Crippen LogP contribution in [0.25, 0.3) is 11.0 Å². The van der Waals surface area contributed by atoms with Crippen LogP contribution in [0.1, 0.15) is 46.5 Å². The molecule has 0 aliphatic heterocycles. The number of rotatable bonds is 4. The molecule has 3 rings (SSSR count). The third-order valence-corrected chi connectivity index (χ3v) is 4.37. The Morgan fingerprint density at radius 3 is 2.77 bits per heavy atom. The second kappa shape index (κ2) is 5.53. The topological polar surface area (TPSA) is 52.2 Å². The van der Waals surface area contributed by atoms with Gasteiger partial charge in [0.25, 0.3) is 0 Å². The van der Waals surface area contributed by atoms with Crippen LogP contribution < -0.4 is 0 Å². The van der Waals surface area contributed by atoms with E-state index in [1.807, 2.05) is 44.4 Å². The Morgan fingerprint density at radius 1 is 1.32 bits per heavy atom. The number of imidazole rings is 1. The summed E-state index contributed by atoms with van der Waals surface area (Å²) in [6.07, 6.45) is 8.85. The van der Waals surface area contributed by atoms with Crippen LogP contribution in [0.4, 0.5) is 0 Å². The number of aryl methyl sites for hydroxylation is 2. The minimum Gasteiger partial charge on any atom is -0.290 e. The number of fused-ring (bicyclic) bond motifs is 1. The summed E-state index contributed by atoms with van der Waals surface area (Å²) >= 11 is 1.64. The Hall–Kier alpha value is -2.21. The molecular formula is C16H18N4OS. The molecule has 0 spiro atoms. The van der Waals surface area contributed by atoms with Gasteiger partial charge in [0.1, 0.15) is 0 Å². The molecule has 114 valence electrons. The molecule has 0 amide bonds. The van der Waals surface area contributed by atoms with Crippen LogP contribution in [-0.4, -0.2) is 24.9 Å². The normalized spacial score (nSPS) is 12.0. The number of ketones is 1. The van der Waals surface area contributed by atoms with Crippen LogP contribution in [0.15, 0.2) is 24.7 Å². The molecule has 6 heteroatoms. The Bertz CT molecular complexity index is 866. The molecule has 0 aromatic carbocycles. The van der Waals surface area contributed by atoms with E-state index >= 15 is 0 Å². The van der Waals surface area contributed by atoms with Gasteiger partial charge in [-0.25, -0.2) is 4.98 Å². The highest BCUT2D eigenvalue weighted by atomic mass is 32.1.